The molecule has 0 spiro atoms. The summed E-state index contributed by atoms with van der Waals surface area (Å²) in [4.78, 5) is 22.9. The molecule has 0 unspecified atom stereocenters. The second kappa shape index (κ2) is 6.74. The van der Waals surface area contributed by atoms with Crippen molar-refractivity contribution in [1.29, 1.82) is 0 Å². The number of carboxylic acids is 1. The van der Waals surface area contributed by atoms with Crippen LogP contribution in [0.2, 0.25) is 0 Å². The van der Waals surface area contributed by atoms with Crippen LogP contribution < -0.4 is 5.32 Å². The lowest BCUT2D eigenvalue weighted by Crippen LogP contribution is -2.27. The van der Waals surface area contributed by atoms with Crippen molar-refractivity contribution in [1.82, 2.24) is 5.32 Å². The fourth-order valence-electron chi connectivity index (χ4n) is 2.12. The first-order valence-electron chi connectivity index (χ1n) is 6.69. The van der Waals surface area contributed by atoms with Gasteiger partial charge in [-0.05, 0) is 18.9 Å². The molecule has 0 saturated carbocycles. The van der Waals surface area contributed by atoms with E-state index in [9.17, 15) is 9.59 Å². The largest absolute Gasteiger partial charge is 0.481 e. The number of carbonyl (C=O) groups excluding carboxylic acids is 1. The Labute approximate surface area is 122 Å². The van der Waals surface area contributed by atoms with Crippen LogP contribution in [0.5, 0.6) is 0 Å². The van der Waals surface area contributed by atoms with E-state index in [1.165, 1.54) is 6.26 Å². The third kappa shape index (κ3) is 3.95. The van der Waals surface area contributed by atoms with Crippen LogP contribution in [0, 0.1) is 6.92 Å². The van der Waals surface area contributed by atoms with E-state index in [1.54, 1.807) is 6.92 Å². The number of furan rings is 1. The summed E-state index contributed by atoms with van der Waals surface area (Å²) >= 11 is 0. The van der Waals surface area contributed by atoms with Crippen LogP contribution in [0.3, 0.4) is 0 Å². The molecule has 5 heteroatoms. The summed E-state index contributed by atoms with van der Waals surface area (Å²) in [7, 11) is 0. The molecule has 5 nitrogen and oxygen atoms in total. The van der Waals surface area contributed by atoms with Crippen LogP contribution in [0.15, 0.2) is 41.0 Å². The average Bonchev–Trinajstić information content (AvgIpc) is 2.80. The molecule has 2 rings (SSSR count). The molecule has 0 saturated heterocycles. The van der Waals surface area contributed by atoms with E-state index in [2.05, 4.69) is 5.32 Å². The molecule has 0 bridgehead atoms. The molecule has 1 amide bonds. The molecule has 1 heterocycles. The zero-order valence-electron chi connectivity index (χ0n) is 11.8. The maximum Gasteiger partial charge on any atom is 0.311 e. The summed E-state index contributed by atoms with van der Waals surface area (Å²) < 4.78 is 5.15. The topological polar surface area (TPSA) is 79.5 Å². The lowest BCUT2D eigenvalue weighted by atomic mass is 10.1. The number of hydrogen-bond donors (Lipinski definition) is 2. The van der Waals surface area contributed by atoms with Crippen molar-refractivity contribution in [2.45, 2.75) is 19.8 Å². The van der Waals surface area contributed by atoms with Gasteiger partial charge in [-0.2, -0.15) is 0 Å². The van der Waals surface area contributed by atoms with Crippen LogP contribution in [0.4, 0.5) is 0 Å². The zero-order chi connectivity index (χ0) is 15.2. The first kappa shape index (κ1) is 14.8. The lowest BCUT2D eigenvalue weighted by molar-refractivity contribution is -0.136. The van der Waals surface area contributed by atoms with Crippen LogP contribution in [0.25, 0.3) is 0 Å². The van der Waals surface area contributed by atoms with E-state index in [-0.39, 0.29) is 18.1 Å². The second-order valence-electron chi connectivity index (χ2n) is 4.78. The number of rotatable bonds is 6. The summed E-state index contributed by atoms with van der Waals surface area (Å²) in [6, 6.07) is 9.82. The van der Waals surface area contributed by atoms with Gasteiger partial charge in [0, 0.05) is 12.1 Å². The Kier molecular flexibility index (Phi) is 4.77. The van der Waals surface area contributed by atoms with Gasteiger partial charge < -0.3 is 14.8 Å². The number of carboxylic acid groups (broad SMARTS) is 1. The van der Waals surface area contributed by atoms with E-state index in [4.69, 9.17) is 9.52 Å². The number of amides is 1. The lowest BCUT2D eigenvalue weighted by Gasteiger charge is -2.06. The summed E-state index contributed by atoms with van der Waals surface area (Å²) in [5.74, 6) is -1.13. The number of carbonyl (C=O) groups is 2. The normalized spacial score (nSPS) is 10.3. The molecule has 0 aliphatic rings. The summed E-state index contributed by atoms with van der Waals surface area (Å²) in [5, 5.41) is 11.6. The van der Waals surface area contributed by atoms with Gasteiger partial charge in [-0.15, -0.1) is 0 Å². The molecule has 1 aromatic heterocycles. The van der Waals surface area contributed by atoms with Gasteiger partial charge in [-0.25, -0.2) is 0 Å². The second-order valence-corrected chi connectivity index (χ2v) is 4.78. The van der Waals surface area contributed by atoms with Crippen molar-refractivity contribution in [3.8, 4) is 0 Å². The Morgan fingerprint density at radius 2 is 1.95 bits per heavy atom. The van der Waals surface area contributed by atoms with Crippen molar-refractivity contribution in [3.63, 3.8) is 0 Å². The van der Waals surface area contributed by atoms with E-state index in [0.29, 0.717) is 17.7 Å². The SMILES string of the molecule is Cc1coc(CC(=O)O)c1C(=O)NCCc1ccccc1. The van der Waals surface area contributed by atoms with Gasteiger partial charge in [0.15, 0.2) is 0 Å². The van der Waals surface area contributed by atoms with Crippen LogP contribution in [-0.2, 0) is 17.6 Å². The van der Waals surface area contributed by atoms with Crippen molar-refractivity contribution < 1.29 is 19.1 Å². The van der Waals surface area contributed by atoms with E-state index < -0.39 is 5.97 Å². The Bertz CT molecular complexity index is 631. The molecule has 110 valence electrons. The Morgan fingerprint density at radius 1 is 1.24 bits per heavy atom. The van der Waals surface area contributed by atoms with E-state index >= 15 is 0 Å². The molecule has 0 aliphatic carbocycles. The molecule has 0 radical (unpaired) electrons. The number of aliphatic carboxylic acids is 1. The smallest absolute Gasteiger partial charge is 0.311 e. The highest BCUT2D eigenvalue weighted by atomic mass is 16.4. The molecule has 0 aliphatic heterocycles. The predicted octanol–water partition coefficient (Wildman–Crippen LogP) is 2.19. The van der Waals surface area contributed by atoms with E-state index in [1.807, 2.05) is 30.3 Å². The third-order valence-corrected chi connectivity index (χ3v) is 3.13. The minimum absolute atomic E-state index is 0.192. The van der Waals surface area contributed by atoms with Gasteiger partial charge in [0.25, 0.3) is 5.91 Å². The quantitative estimate of drug-likeness (QED) is 0.853. The average molecular weight is 287 g/mol. The number of hydrogen-bond acceptors (Lipinski definition) is 3. The van der Waals surface area contributed by atoms with Crippen molar-refractivity contribution in [3.05, 3.63) is 59.0 Å². The fraction of sp³-hybridized carbons (Fsp3) is 0.250. The number of nitrogens with one attached hydrogen (secondary N) is 1. The van der Waals surface area contributed by atoms with Gasteiger partial charge in [0.1, 0.15) is 12.2 Å². The minimum atomic E-state index is -1.03. The summed E-state index contributed by atoms with van der Waals surface area (Å²) in [6.45, 7) is 2.21. The third-order valence-electron chi connectivity index (χ3n) is 3.13. The van der Waals surface area contributed by atoms with Crippen molar-refractivity contribution in [2.24, 2.45) is 0 Å². The van der Waals surface area contributed by atoms with Crippen LogP contribution in [0.1, 0.15) is 27.2 Å². The Hall–Kier alpha value is -2.56. The van der Waals surface area contributed by atoms with Crippen LogP contribution in [-0.4, -0.2) is 23.5 Å². The van der Waals surface area contributed by atoms with Crippen molar-refractivity contribution >= 4 is 11.9 Å². The standard InChI is InChI=1S/C16H17NO4/c1-11-10-21-13(9-14(18)19)15(11)16(20)17-8-7-12-5-3-2-4-6-12/h2-6,10H,7-9H2,1H3,(H,17,20)(H,18,19). The van der Waals surface area contributed by atoms with Gasteiger partial charge >= 0.3 is 5.97 Å². The molecule has 0 fully saturated rings. The molecular formula is C16H17NO4. The van der Waals surface area contributed by atoms with Gasteiger partial charge in [0.2, 0.25) is 0 Å². The monoisotopic (exact) mass is 287 g/mol. The maximum absolute atomic E-state index is 12.2. The Morgan fingerprint density at radius 3 is 2.62 bits per heavy atom. The van der Waals surface area contributed by atoms with Gasteiger partial charge in [-0.1, -0.05) is 30.3 Å². The highest BCUT2D eigenvalue weighted by molar-refractivity contribution is 5.97. The first-order valence-corrected chi connectivity index (χ1v) is 6.69. The minimum Gasteiger partial charge on any atom is -0.481 e. The molecule has 1 aromatic carbocycles. The highest BCUT2D eigenvalue weighted by Crippen LogP contribution is 2.17. The summed E-state index contributed by atoms with van der Waals surface area (Å²) in [5.41, 5.74) is 2.10. The van der Waals surface area contributed by atoms with Crippen molar-refractivity contribution in [2.75, 3.05) is 6.54 Å². The molecule has 0 atom stereocenters. The molecule has 21 heavy (non-hydrogen) atoms. The fourth-order valence-corrected chi connectivity index (χ4v) is 2.12. The number of aryl methyl sites for hydroxylation is 1. The predicted molar refractivity (Wildman–Crippen MR) is 77.3 cm³/mol. The first-order chi connectivity index (χ1) is 10.1. The Balaban J connectivity index is 1.97. The molecular weight excluding hydrogens is 270 g/mol. The number of benzene rings is 1. The zero-order valence-corrected chi connectivity index (χ0v) is 11.8. The molecule has 2 N–H and O–H groups in total. The molecule has 2 aromatic rings. The van der Waals surface area contributed by atoms with Gasteiger partial charge in [0.05, 0.1) is 11.8 Å². The van der Waals surface area contributed by atoms with Gasteiger partial charge in [-0.3, -0.25) is 9.59 Å². The van der Waals surface area contributed by atoms with Crippen LogP contribution >= 0.6 is 0 Å². The summed E-state index contributed by atoms with van der Waals surface area (Å²) in [6.07, 6.45) is 1.83. The maximum atomic E-state index is 12.2. The van der Waals surface area contributed by atoms with E-state index in [0.717, 1.165) is 12.0 Å². The highest BCUT2D eigenvalue weighted by Gasteiger charge is 2.20.